The molecular weight excluding hydrogens is 260 g/mol. The third kappa shape index (κ3) is 2.90. The van der Waals surface area contributed by atoms with Gasteiger partial charge in [-0.25, -0.2) is 0 Å². The molecule has 0 saturated heterocycles. The second-order valence-electron chi connectivity index (χ2n) is 4.05. The van der Waals surface area contributed by atoms with Crippen LogP contribution in [-0.4, -0.2) is 25.3 Å². The number of amides is 1. The Labute approximate surface area is 116 Å². The van der Waals surface area contributed by atoms with Crippen LogP contribution in [0.5, 0.6) is 11.5 Å². The number of carbonyl (C=O) groups excluding carboxylic acids is 1. The molecule has 1 heterocycles. The fraction of sp³-hybridized carbons (Fsp3) is 0.286. The van der Waals surface area contributed by atoms with Gasteiger partial charge < -0.3 is 19.3 Å². The second kappa shape index (κ2) is 6.10. The van der Waals surface area contributed by atoms with Crippen LogP contribution in [0.25, 0.3) is 0 Å². The average molecular weight is 276 g/mol. The second-order valence-corrected chi connectivity index (χ2v) is 4.05. The van der Waals surface area contributed by atoms with Gasteiger partial charge in [0.25, 0.3) is 5.91 Å². The summed E-state index contributed by atoms with van der Waals surface area (Å²) >= 11 is 0. The highest BCUT2D eigenvalue weighted by Gasteiger charge is 2.14. The minimum Gasteiger partial charge on any atom is -0.497 e. The lowest BCUT2D eigenvalue weighted by atomic mass is 10.2. The fourth-order valence-electron chi connectivity index (χ4n) is 1.67. The van der Waals surface area contributed by atoms with Crippen molar-refractivity contribution in [3.8, 4) is 11.5 Å². The van der Waals surface area contributed by atoms with Crippen molar-refractivity contribution in [3.05, 3.63) is 35.7 Å². The van der Waals surface area contributed by atoms with Crippen molar-refractivity contribution >= 4 is 11.6 Å². The van der Waals surface area contributed by atoms with Crippen LogP contribution < -0.4 is 14.8 Å². The molecule has 106 valence electrons. The van der Waals surface area contributed by atoms with Crippen LogP contribution in [0.1, 0.15) is 23.2 Å². The number of aryl methyl sites for hydroxylation is 1. The SMILES string of the molecule is CCc1cc(C(=O)Nc2ccc(OC)cc2OC)no1. The zero-order valence-corrected chi connectivity index (χ0v) is 11.6. The lowest BCUT2D eigenvalue weighted by molar-refractivity contribution is 0.101. The van der Waals surface area contributed by atoms with Crippen molar-refractivity contribution < 1.29 is 18.8 Å². The van der Waals surface area contributed by atoms with Gasteiger partial charge in [-0.3, -0.25) is 4.79 Å². The first kappa shape index (κ1) is 13.9. The van der Waals surface area contributed by atoms with Gasteiger partial charge >= 0.3 is 0 Å². The summed E-state index contributed by atoms with van der Waals surface area (Å²) in [7, 11) is 3.09. The molecule has 1 N–H and O–H groups in total. The number of nitrogens with zero attached hydrogens (tertiary/aromatic N) is 1. The summed E-state index contributed by atoms with van der Waals surface area (Å²) in [4.78, 5) is 12.0. The van der Waals surface area contributed by atoms with Gasteiger partial charge in [-0.05, 0) is 12.1 Å². The summed E-state index contributed by atoms with van der Waals surface area (Å²) in [6, 6.07) is 6.75. The molecule has 6 heteroatoms. The molecule has 6 nitrogen and oxygen atoms in total. The van der Waals surface area contributed by atoms with Crippen LogP contribution in [0.15, 0.2) is 28.8 Å². The maximum atomic E-state index is 12.0. The van der Waals surface area contributed by atoms with E-state index in [9.17, 15) is 4.79 Å². The number of aromatic nitrogens is 1. The van der Waals surface area contributed by atoms with E-state index in [-0.39, 0.29) is 11.6 Å². The van der Waals surface area contributed by atoms with Crippen LogP contribution in [0.2, 0.25) is 0 Å². The number of benzene rings is 1. The molecule has 2 aromatic rings. The molecule has 0 aliphatic heterocycles. The molecular formula is C14H16N2O4. The van der Waals surface area contributed by atoms with E-state index in [1.165, 1.54) is 7.11 Å². The zero-order valence-electron chi connectivity index (χ0n) is 11.6. The van der Waals surface area contributed by atoms with E-state index in [0.717, 1.165) is 0 Å². The molecule has 1 amide bonds. The van der Waals surface area contributed by atoms with Crippen molar-refractivity contribution in [3.63, 3.8) is 0 Å². The number of hydrogen-bond donors (Lipinski definition) is 1. The lowest BCUT2D eigenvalue weighted by Gasteiger charge is -2.10. The predicted molar refractivity (Wildman–Crippen MR) is 73.4 cm³/mol. The number of hydrogen-bond acceptors (Lipinski definition) is 5. The summed E-state index contributed by atoms with van der Waals surface area (Å²) in [5, 5.41) is 6.44. The van der Waals surface area contributed by atoms with E-state index < -0.39 is 0 Å². The van der Waals surface area contributed by atoms with Crippen LogP contribution >= 0.6 is 0 Å². The third-order valence-electron chi connectivity index (χ3n) is 2.80. The predicted octanol–water partition coefficient (Wildman–Crippen LogP) is 2.51. The Kier molecular flexibility index (Phi) is 4.24. The average Bonchev–Trinajstić information content (AvgIpc) is 2.96. The van der Waals surface area contributed by atoms with Gasteiger partial charge in [0.1, 0.15) is 17.3 Å². The van der Waals surface area contributed by atoms with Gasteiger partial charge in [-0.15, -0.1) is 0 Å². The molecule has 0 bridgehead atoms. The molecule has 0 atom stereocenters. The normalized spacial score (nSPS) is 10.2. The van der Waals surface area contributed by atoms with E-state index in [0.29, 0.717) is 29.4 Å². The largest absolute Gasteiger partial charge is 0.497 e. The summed E-state index contributed by atoms with van der Waals surface area (Å²) < 4.78 is 15.3. The number of anilines is 1. The van der Waals surface area contributed by atoms with Crippen LogP contribution in [-0.2, 0) is 6.42 Å². The van der Waals surface area contributed by atoms with Crippen molar-refractivity contribution in [2.45, 2.75) is 13.3 Å². The molecule has 1 aromatic carbocycles. The molecule has 20 heavy (non-hydrogen) atoms. The molecule has 1 aromatic heterocycles. The molecule has 0 aliphatic rings. The monoisotopic (exact) mass is 276 g/mol. The van der Waals surface area contributed by atoms with Gasteiger partial charge in [-0.1, -0.05) is 12.1 Å². The number of ether oxygens (including phenoxy) is 2. The van der Waals surface area contributed by atoms with Crippen molar-refractivity contribution in [1.82, 2.24) is 5.16 Å². The van der Waals surface area contributed by atoms with E-state index in [1.54, 1.807) is 31.4 Å². The van der Waals surface area contributed by atoms with Crippen LogP contribution in [0, 0.1) is 0 Å². The fourth-order valence-corrected chi connectivity index (χ4v) is 1.67. The zero-order chi connectivity index (χ0) is 14.5. The first-order valence-corrected chi connectivity index (χ1v) is 6.17. The lowest BCUT2D eigenvalue weighted by Crippen LogP contribution is -2.13. The van der Waals surface area contributed by atoms with Gasteiger partial charge in [0, 0.05) is 18.6 Å². The van der Waals surface area contributed by atoms with E-state index in [2.05, 4.69) is 10.5 Å². The smallest absolute Gasteiger partial charge is 0.277 e. The maximum Gasteiger partial charge on any atom is 0.277 e. The standard InChI is InChI=1S/C14H16N2O4/c1-4-9-7-12(16-20-9)14(17)15-11-6-5-10(18-2)8-13(11)19-3/h5-8H,4H2,1-3H3,(H,15,17). The Hall–Kier alpha value is -2.50. The van der Waals surface area contributed by atoms with Gasteiger partial charge in [0.15, 0.2) is 5.69 Å². The van der Waals surface area contributed by atoms with Gasteiger partial charge in [-0.2, -0.15) is 0 Å². The van der Waals surface area contributed by atoms with Crippen molar-refractivity contribution in [2.75, 3.05) is 19.5 Å². The van der Waals surface area contributed by atoms with Crippen LogP contribution in [0.4, 0.5) is 5.69 Å². The maximum absolute atomic E-state index is 12.0. The van der Waals surface area contributed by atoms with Crippen molar-refractivity contribution in [2.24, 2.45) is 0 Å². The molecule has 0 fully saturated rings. The van der Waals surface area contributed by atoms with Crippen LogP contribution in [0.3, 0.4) is 0 Å². The molecule has 0 spiro atoms. The quantitative estimate of drug-likeness (QED) is 0.908. The molecule has 0 unspecified atom stereocenters. The summed E-state index contributed by atoms with van der Waals surface area (Å²) in [6.45, 7) is 1.93. The third-order valence-corrected chi connectivity index (χ3v) is 2.80. The van der Waals surface area contributed by atoms with E-state index >= 15 is 0 Å². The first-order chi connectivity index (χ1) is 9.67. The van der Waals surface area contributed by atoms with E-state index in [4.69, 9.17) is 14.0 Å². The molecule has 2 rings (SSSR count). The van der Waals surface area contributed by atoms with Crippen molar-refractivity contribution in [1.29, 1.82) is 0 Å². The highest BCUT2D eigenvalue weighted by Crippen LogP contribution is 2.29. The Balaban J connectivity index is 2.18. The van der Waals surface area contributed by atoms with Gasteiger partial charge in [0.05, 0.1) is 19.9 Å². The Morgan fingerprint density at radius 2 is 2.10 bits per heavy atom. The summed E-state index contributed by atoms with van der Waals surface area (Å²) in [5.41, 5.74) is 0.777. The number of methoxy groups -OCH3 is 2. The van der Waals surface area contributed by atoms with E-state index in [1.807, 2.05) is 6.92 Å². The summed E-state index contributed by atoms with van der Waals surface area (Å²) in [6.07, 6.45) is 0.687. The molecule has 0 aliphatic carbocycles. The topological polar surface area (TPSA) is 73.6 Å². The highest BCUT2D eigenvalue weighted by molar-refractivity contribution is 6.03. The number of carbonyl (C=O) groups is 1. The Morgan fingerprint density at radius 1 is 1.30 bits per heavy atom. The van der Waals surface area contributed by atoms with Gasteiger partial charge in [0.2, 0.25) is 0 Å². The molecule has 0 saturated carbocycles. The number of nitrogens with one attached hydrogen (secondary N) is 1. The summed E-state index contributed by atoms with van der Waals surface area (Å²) in [5.74, 6) is 1.47. The Morgan fingerprint density at radius 3 is 2.70 bits per heavy atom. The molecule has 0 radical (unpaired) electrons. The minimum atomic E-state index is -0.350. The Bertz CT molecular complexity index is 607. The first-order valence-electron chi connectivity index (χ1n) is 6.17. The highest BCUT2D eigenvalue weighted by atomic mass is 16.5. The number of rotatable bonds is 5. The minimum absolute atomic E-state index is 0.236.